The molecule has 0 atom stereocenters. The lowest BCUT2D eigenvalue weighted by Crippen LogP contribution is -2.38. The Kier molecular flexibility index (Phi) is 3.81. The van der Waals surface area contributed by atoms with Gasteiger partial charge in [0.25, 0.3) is 5.91 Å². The van der Waals surface area contributed by atoms with Crippen molar-refractivity contribution in [1.82, 2.24) is 20.0 Å². The Hall–Kier alpha value is -2.32. The highest BCUT2D eigenvalue weighted by atomic mass is 19.4. The fourth-order valence-corrected chi connectivity index (χ4v) is 3.27. The molecule has 3 heterocycles. The number of hydrogen-bond donors (Lipinski definition) is 1. The number of nitrogens with zero attached hydrogens (tertiary/aromatic N) is 3. The maximum Gasteiger partial charge on any atom is 0.432 e. The average Bonchev–Trinajstić information content (AvgIpc) is 3.12. The van der Waals surface area contributed by atoms with Crippen LogP contribution in [-0.4, -0.2) is 39.0 Å². The second-order valence-electron chi connectivity index (χ2n) is 6.63. The number of aromatic amines is 1. The molecule has 0 spiro atoms. The highest BCUT2D eigenvalue weighted by Gasteiger charge is 2.36. The van der Waals surface area contributed by atoms with Crippen molar-refractivity contribution < 1.29 is 22.5 Å². The van der Waals surface area contributed by atoms with Gasteiger partial charge in [0.1, 0.15) is 23.3 Å². The largest absolute Gasteiger partial charge is 0.432 e. The van der Waals surface area contributed by atoms with Crippen LogP contribution < -0.4 is 0 Å². The molecule has 25 heavy (non-hydrogen) atoms. The molecule has 1 N–H and O–H groups in total. The summed E-state index contributed by atoms with van der Waals surface area (Å²) in [5.41, 5.74) is 0.408. The van der Waals surface area contributed by atoms with Crippen LogP contribution in [-0.2, 0) is 6.18 Å². The number of alkyl halides is 3. The molecule has 1 saturated heterocycles. The molecular weight excluding hydrogens is 337 g/mol. The lowest BCUT2D eigenvalue weighted by atomic mass is 9.95. The Bertz CT molecular complexity index is 770. The van der Waals surface area contributed by atoms with Gasteiger partial charge in [-0.15, -0.1) is 0 Å². The van der Waals surface area contributed by atoms with Crippen LogP contribution >= 0.6 is 0 Å². The van der Waals surface area contributed by atoms with Crippen molar-refractivity contribution in [2.45, 2.75) is 43.7 Å². The molecule has 0 radical (unpaired) electrons. The third-order valence-electron chi connectivity index (χ3n) is 4.86. The number of aromatic nitrogens is 3. The molecule has 1 saturated carbocycles. The molecule has 0 aromatic carbocycles. The minimum absolute atomic E-state index is 0.106. The predicted molar refractivity (Wildman–Crippen MR) is 79.9 cm³/mol. The zero-order valence-corrected chi connectivity index (χ0v) is 13.3. The molecule has 2 aromatic rings. The van der Waals surface area contributed by atoms with Gasteiger partial charge in [-0.2, -0.15) is 13.2 Å². The van der Waals surface area contributed by atoms with Crippen molar-refractivity contribution in [3.8, 4) is 0 Å². The van der Waals surface area contributed by atoms with E-state index in [4.69, 9.17) is 4.52 Å². The highest BCUT2D eigenvalue weighted by molar-refractivity contribution is 5.95. The van der Waals surface area contributed by atoms with E-state index in [1.165, 1.54) is 6.26 Å². The number of amides is 1. The van der Waals surface area contributed by atoms with Gasteiger partial charge in [-0.25, -0.2) is 4.98 Å². The SMILES string of the molecule is O=C(c1conc1C1CC1)N1CCC(c2ncc(C(F)(F)F)[nH]2)CC1. The molecular formula is C16H17F3N4O2. The minimum atomic E-state index is -4.42. The van der Waals surface area contributed by atoms with Gasteiger partial charge in [-0.05, 0) is 25.7 Å². The number of rotatable bonds is 3. The second-order valence-corrected chi connectivity index (χ2v) is 6.63. The van der Waals surface area contributed by atoms with Gasteiger partial charge < -0.3 is 14.4 Å². The molecule has 134 valence electrons. The lowest BCUT2D eigenvalue weighted by Gasteiger charge is -2.31. The summed E-state index contributed by atoms with van der Waals surface area (Å²) in [6.07, 6.45) is 0.983. The van der Waals surface area contributed by atoms with Crippen molar-refractivity contribution in [2.24, 2.45) is 0 Å². The van der Waals surface area contributed by atoms with Crippen LogP contribution in [0.1, 0.15) is 65.1 Å². The topological polar surface area (TPSA) is 75.0 Å². The van der Waals surface area contributed by atoms with Gasteiger partial charge in [0, 0.05) is 24.9 Å². The van der Waals surface area contributed by atoms with Crippen LogP contribution in [0.15, 0.2) is 17.0 Å². The van der Waals surface area contributed by atoms with Gasteiger partial charge in [0.05, 0.1) is 11.9 Å². The first-order valence-corrected chi connectivity index (χ1v) is 8.29. The standard InChI is InChI=1S/C16H17F3N4O2/c17-16(18,19)12-7-20-14(21-12)10-3-5-23(6-4-10)15(24)11-8-25-22-13(11)9-1-2-9/h7-10H,1-6H2,(H,20,21). The molecule has 6 nitrogen and oxygen atoms in total. The van der Waals surface area contributed by atoms with Gasteiger partial charge >= 0.3 is 6.18 Å². The zero-order chi connectivity index (χ0) is 17.6. The fraction of sp³-hybridized carbons (Fsp3) is 0.562. The minimum Gasteiger partial charge on any atom is -0.364 e. The van der Waals surface area contributed by atoms with E-state index in [-0.39, 0.29) is 11.8 Å². The number of carbonyl (C=O) groups excluding carboxylic acids is 1. The molecule has 1 aliphatic carbocycles. The van der Waals surface area contributed by atoms with Crippen LogP contribution in [0.3, 0.4) is 0 Å². The first kappa shape index (κ1) is 16.2. The Labute approximate surface area is 141 Å². The normalized spacial score (nSPS) is 19.4. The fourth-order valence-electron chi connectivity index (χ4n) is 3.27. The first-order valence-electron chi connectivity index (χ1n) is 8.29. The van der Waals surface area contributed by atoms with E-state index in [0.29, 0.717) is 43.2 Å². The van der Waals surface area contributed by atoms with Crippen molar-refractivity contribution >= 4 is 5.91 Å². The maximum atomic E-state index is 12.7. The molecule has 2 aliphatic rings. The summed E-state index contributed by atoms with van der Waals surface area (Å²) < 4.78 is 43.0. The first-order chi connectivity index (χ1) is 11.9. The number of hydrogen-bond acceptors (Lipinski definition) is 4. The highest BCUT2D eigenvalue weighted by Crippen LogP contribution is 2.41. The summed E-state index contributed by atoms with van der Waals surface area (Å²) in [7, 11) is 0. The van der Waals surface area contributed by atoms with E-state index in [1.807, 2.05) is 0 Å². The summed E-state index contributed by atoms with van der Waals surface area (Å²) in [6.45, 7) is 0.946. The van der Waals surface area contributed by atoms with Crippen molar-refractivity contribution in [3.63, 3.8) is 0 Å². The number of likely N-dealkylation sites (tertiary alicyclic amines) is 1. The van der Waals surface area contributed by atoms with E-state index < -0.39 is 11.9 Å². The smallest absolute Gasteiger partial charge is 0.364 e. The summed E-state index contributed by atoms with van der Waals surface area (Å²) in [5.74, 6) is 0.435. The van der Waals surface area contributed by atoms with Gasteiger partial charge in [-0.3, -0.25) is 4.79 Å². The molecule has 2 fully saturated rings. The second kappa shape index (κ2) is 5.89. The lowest BCUT2D eigenvalue weighted by molar-refractivity contribution is -0.141. The van der Waals surface area contributed by atoms with E-state index in [9.17, 15) is 18.0 Å². The Morgan fingerprint density at radius 3 is 2.52 bits per heavy atom. The molecule has 1 amide bonds. The summed E-state index contributed by atoms with van der Waals surface area (Å²) in [6, 6.07) is 0. The van der Waals surface area contributed by atoms with Gasteiger partial charge in [0.15, 0.2) is 0 Å². The Morgan fingerprint density at radius 2 is 1.92 bits per heavy atom. The summed E-state index contributed by atoms with van der Waals surface area (Å²) >= 11 is 0. The summed E-state index contributed by atoms with van der Waals surface area (Å²) in [5, 5.41) is 3.94. The Balaban J connectivity index is 1.40. The van der Waals surface area contributed by atoms with Crippen LogP contribution in [0, 0.1) is 0 Å². The monoisotopic (exact) mass is 354 g/mol. The third-order valence-corrected chi connectivity index (χ3v) is 4.86. The van der Waals surface area contributed by atoms with Gasteiger partial charge in [-0.1, -0.05) is 5.16 Å². The summed E-state index contributed by atoms with van der Waals surface area (Å²) in [4.78, 5) is 20.6. The number of H-pyrrole nitrogens is 1. The van der Waals surface area contributed by atoms with Gasteiger partial charge in [0.2, 0.25) is 0 Å². The predicted octanol–water partition coefficient (Wildman–Crippen LogP) is 3.31. The molecule has 0 unspecified atom stereocenters. The number of halogens is 3. The number of carbonyl (C=O) groups is 1. The molecule has 2 aromatic heterocycles. The van der Waals surface area contributed by atoms with Crippen molar-refractivity contribution in [1.29, 1.82) is 0 Å². The van der Waals surface area contributed by atoms with E-state index in [2.05, 4.69) is 15.1 Å². The van der Waals surface area contributed by atoms with E-state index >= 15 is 0 Å². The van der Waals surface area contributed by atoms with Crippen LogP contribution in [0.2, 0.25) is 0 Å². The third kappa shape index (κ3) is 3.14. The number of piperidine rings is 1. The molecule has 4 rings (SSSR count). The average molecular weight is 354 g/mol. The number of nitrogens with one attached hydrogen (secondary N) is 1. The van der Waals surface area contributed by atoms with Crippen LogP contribution in [0.5, 0.6) is 0 Å². The van der Waals surface area contributed by atoms with Crippen molar-refractivity contribution in [3.05, 3.63) is 35.2 Å². The van der Waals surface area contributed by atoms with Crippen LogP contribution in [0.25, 0.3) is 0 Å². The maximum absolute atomic E-state index is 12.7. The van der Waals surface area contributed by atoms with Crippen molar-refractivity contribution in [2.75, 3.05) is 13.1 Å². The quantitative estimate of drug-likeness (QED) is 0.918. The van der Waals surface area contributed by atoms with E-state index in [0.717, 1.165) is 24.7 Å². The Morgan fingerprint density at radius 1 is 1.20 bits per heavy atom. The molecule has 1 aliphatic heterocycles. The molecule has 0 bridgehead atoms. The number of imidazole rings is 1. The van der Waals surface area contributed by atoms with Crippen LogP contribution in [0.4, 0.5) is 13.2 Å². The molecule has 9 heteroatoms. The zero-order valence-electron chi connectivity index (χ0n) is 13.3. The van der Waals surface area contributed by atoms with E-state index in [1.54, 1.807) is 4.90 Å².